The van der Waals surface area contributed by atoms with Gasteiger partial charge in [-0.25, -0.2) is 35.6 Å². The predicted molar refractivity (Wildman–Crippen MR) is 346 cm³/mol. The van der Waals surface area contributed by atoms with E-state index in [1.54, 1.807) is 46.6 Å². The van der Waals surface area contributed by atoms with Crippen LogP contribution in [0, 0.1) is 30.6 Å². The first-order valence-corrected chi connectivity index (χ1v) is 33.7. The number of aryl methyl sites for hydroxylation is 4. The molecule has 3 aliphatic rings. The molecule has 0 unspecified atom stereocenters. The number of phenols is 1. The number of methoxy groups -OCH3 is 1. The Morgan fingerprint density at radius 3 is 1.96 bits per heavy atom. The van der Waals surface area contributed by atoms with E-state index in [1.807, 2.05) is 31.6 Å². The lowest BCUT2D eigenvalue weighted by molar-refractivity contribution is -0.143. The van der Waals surface area contributed by atoms with Gasteiger partial charge in [0.1, 0.15) is 29.2 Å². The number of phenolic OH excluding ortho intramolecular Hbond substituents is 1. The largest absolute Gasteiger partial charge is 0.506 e. The SMILES string of the molecule is CCc1cc(C)cc(CC)c1-c1c(OC(=O)C(C)(C)C)n2n(c1=O)CCOCC2.COc1ccccc1C(=O)NS(=O)(=O)c1ccc(C(=O)NC2CC2)cc1.Cc1c(C(=O)c2cnn(C)c2O)ccc(S(C)(=O)=O)c1C1=NOCC1.N#Cc1cc(Br)c(O)c(Br)c1. The second kappa shape index (κ2) is 29.7. The highest BCUT2D eigenvalue weighted by Crippen LogP contribution is 2.38. The molecule has 2 amide bonds. The Bertz CT molecular complexity index is 4260. The van der Waals surface area contributed by atoms with E-state index in [0.717, 1.165) is 48.6 Å². The standard InChI is InChI=1S/C23H32N2O4.C18H18N2O5S.C16H17N3O5S.C7H3Br2NO/c1-7-16-13-15(3)14-17(8-2)18(16)19-20(26)24-9-11-28-12-10-25(24)21(19)29-22(27)23(4,5)6;1-25-16-5-3-2-4-15(16)18(22)20-26(23,24)14-10-6-12(7-11-14)17(21)19-13-8-9-13;1-9-10(15(20)11-8-17-19(2)16(11)21)4-5-13(25(3,22)23)14(9)12-6-7-24-18-12;8-5-1-4(3-10)2-6(9)7(5)11/h13-14H,7-12H2,1-6H3;2-7,10-11,13H,8-9H2,1H3,(H,19,21)(H,20,22);4-5,8,21H,6-7H2,1-3H3;1-2,11H. The number of aromatic hydroxyl groups is 2. The summed E-state index contributed by atoms with van der Waals surface area (Å²) < 4.78 is 73.3. The Hall–Kier alpha value is -8.42. The zero-order chi connectivity index (χ0) is 66.9. The first-order chi connectivity index (χ1) is 42.9. The van der Waals surface area contributed by atoms with Crippen molar-refractivity contribution in [3.63, 3.8) is 0 Å². The summed E-state index contributed by atoms with van der Waals surface area (Å²) in [5.74, 6) is -1.35. The molecule has 4 heterocycles. The van der Waals surface area contributed by atoms with Crippen molar-refractivity contribution in [2.24, 2.45) is 17.6 Å². The lowest BCUT2D eigenvalue weighted by Gasteiger charge is -2.19. The van der Waals surface area contributed by atoms with Crippen LogP contribution in [-0.2, 0) is 67.2 Å². The van der Waals surface area contributed by atoms with Crippen LogP contribution < -0.4 is 25.1 Å². The average molecular weight is 1420 g/mol. The quantitative estimate of drug-likeness (QED) is 0.0582. The lowest BCUT2D eigenvalue weighted by atomic mass is 9.91. The Kier molecular flexibility index (Phi) is 22.8. The summed E-state index contributed by atoms with van der Waals surface area (Å²) in [5.41, 5.74) is 6.64. The number of nitriles is 1. The van der Waals surface area contributed by atoms with Gasteiger partial charge in [0.2, 0.25) is 11.8 Å². The summed E-state index contributed by atoms with van der Waals surface area (Å²) in [6.45, 7) is 15.6. The van der Waals surface area contributed by atoms with Gasteiger partial charge in [0, 0.05) is 42.5 Å². The zero-order valence-corrected chi connectivity index (χ0v) is 56.6. The van der Waals surface area contributed by atoms with Gasteiger partial charge in [0.05, 0.1) is 86.7 Å². The van der Waals surface area contributed by atoms with Crippen molar-refractivity contribution in [1.29, 1.82) is 5.26 Å². The third kappa shape index (κ3) is 16.8. The maximum Gasteiger partial charge on any atom is 0.317 e. The van der Waals surface area contributed by atoms with Gasteiger partial charge in [-0.15, -0.1) is 0 Å². The molecule has 0 radical (unpaired) electrons. The molecular formula is C64H70Br2N8O15S2. The average Bonchev–Trinajstić information content (AvgIpc) is 1.67. The van der Waals surface area contributed by atoms with Crippen molar-refractivity contribution >= 4 is 81.0 Å². The number of fused-ring (bicyclic) bond motifs is 1. The number of benzene rings is 5. The van der Waals surface area contributed by atoms with Crippen molar-refractivity contribution in [1.82, 2.24) is 29.2 Å². The molecule has 1 aliphatic carbocycles. The molecule has 482 valence electrons. The number of ketones is 1. The van der Waals surface area contributed by atoms with E-state index in [-0.39, 0.29) is 67.3 Å². The lowest BCUT2D eigenvalue weighted by Crippen LogP contribution is -2.31. The Balaban J connectivity index is 0.000000179. The first kappa shape index (κ1) is 70.0. The molecule has 27 heteroatoms. The highest BCUT2D eigenvalue weighted by atomic mass is 79.9. The number of aromatic nitrogens is 4. The van der Waals surface area contributed by atoms with E-state index in [1.165, 1.54) is 73.1 Å². The van der Waals surface area contributed by atoms with Gasteiger partial charge in [-0.2, -0.15) is 10.4 Å². The molecule has 91 heavy (non-hydrogen) atoms. The summed E-state index contributed by atoms with van der Waals surface area (Å²) in [4.78, 5) is 68.3. The highest BCUT2D eigenvalue weighted by molar-refractivity contribution is 9.11. The van der Waals surface area contributed by atoms with E-state index >= 15 is 0 Å². The van der Waals surface area contributed by atoms with Crippen LogP contribution in [0.25, 0.3) is 11.1 Å². The fourth-order valence-corrected chi connectivity index (χ4v) is 12.7. The number of carbonyl (C=O) groups excluding carboxylic acids is 4. The van der Waals surface area contributed by atoms with Gasteiger partial charge in [0.25, 0.3) is 27.4 Å². The Morgan fingerprint density at radius 1 is 0.813 bits per heavy atom. The topological polar surface area (TPSA) is 319 Å². The number of halogens is 2. The second-order valence-corrected chi connectivity index (χ2v) is 27.7. The van der Waals surface area contributed by atoms with Crippen molar-refractivity contribution in [2.45, 2.75) is 109 Å². The molecule has 0 saturated heterocycles. The van der Waals surface area contributed by atoms with Gasteiger partial charge in [-0.3, -0.25) is 24.0 Å². The smallest absolute Gasteiger partial charge is 0.317 e. The number of nitrogens with one attached hydrogen (secondary N) is 2. The maximum absolute atomic E-state index is 13.5. The van der Waals surface area contributed by atoms with Crippen molar-refractivity contribution < 1.29 is 65.3 Å². The fourth-order valence-electron chi connectivity index (χ4n) is 9.60. The van der Waals surface area contributed by atoms with E-state index in [2.05, 4.69) is 80.3 Å². The van der Waals surface area contributed by atoms with Crippen molar-refractivity contribution in [2.75, 3.05) is 33.2 Å². The minimum absolute atomic E-state index is 0.0493. The van der Waals surface area contributed by atoms with Gasteiger partial charge in [-0.1, -0.05) is 48.8 Å². The number of carbonyl (C=O) groups is 4. The molecular weight excluding hydrogens is 1340 g/mol. The minimum atomic E-state index is -4.07. The van der Waals surface area contributed by atoms with E-state index in [9.17, 15) is 51.0 Å². The number of rotatable bonds is 14. The van der Waals surface area contributed by atoms with Gasteiger partial charge >= 0.3 is 5.97 Å². The molecule has 1 saturated carbocycles. The molecule has 10 rings (SSSR count). The number of sulfone groups is 1. The molecule has 23 nitrogen and oxygen atoms in total. The van der Waals surface area contributed by atoms with Gasteiger partial charge < -0.3 is 34.6 Å². The molecule has 0 spiro atoms. The van der Waals surface area contributed by atoms with Crippen molar-refractivity contribution in [3.8, 4) is 40.5 Å². The summed E-state index contributed by atoms with van der Waals surface area (Å²) in [6, 6.07) is 24.1. The maximum atomic E-state index is 13.5. The summed E-state index contributed by atoms with van der Waals surface area (Å²) in [6.07, 6.45) is 6.36. The Morgan fingerprint density at radius 2 is 1.43 bits per heavy atom. The predicted octanol–water partition coefficient (Wildman–Crippen LogP) is 9.42. The van der Waals surface area contributed by atoms with Crippen molar-refractivity contribution in [3.05, 3.63) is 166 Å². The van der Waals surface area contributed by atoms with Crippen LogP contribution in [0.4, 0.5) is 0 Å². The highest BCUT2D eigenvalue weighted by Gasteiger charge is 2.33. The number of nitrogens with zero attached hydrogens (tertiary/aromatic N) is 6. The molecule has 0 bridgehead atoms. The fraction of sp³-hybridized carbons (Fsp3) is 0.344. The summed E-state index contributed by atoms with van der Waals surface area (Å²) >= 11 is 6.21. The Labute approximate surface area is 544 Å². The number of sulfonamides is 1. The summed E-state index contributed by atoms with van der Waals surface area (Å²) in [7, 11) is -4.68. The molecule has 1 fully saturated rings. The number of hydrogen-bond acceptors (Lipinski definition) is 18. The molecule has 5 aromatic carbocycles. The normalized spacial score (nSPS) is 13.5. The molecule has 4 N–H and O–H groups in total. The van der Waals surface area contributed by atoms with Crippen LogP contribution in [0.1, 0.15) is 124 Å². The van der Waals surface area contributed by atoms with Gasteiger partial charge in [-0.05, 0) is 175 Å². The molecule has 2 aliphatic heterocycles. The number of para-hydroxylation sites is 1. The number of amides is 2. The number of hydrogen-bond donors (Lipinski definition) is 4. The number of oxime groups is 1. The first-order valence-electron chi connectivity index (χ1n) is 28.7. The third-order valence-corrected chi connectivity index (χ3v) is 18.2. The number of esters is 1. The van der Waals surface area contributed by atoms with E-state index < -0.39 is 37.0 Å². The van der Waals surface area contributed by atoms with Crippen LogP contribution in [-0.4, -0.2) is 115 Å². The monoisotopic (exact) mass is 1410 g/mol. The zero-order valence-electron chi connectivity index (χ0n) is 51.8. The van der Waals surface area contributed by atoms with E-state index in [0.29, 0.717) is 87.7 Å². The van der Waals surface area contributed by atoms with Crippen LogP contribution in [0.3, 0.4) is 0 Å². The van der Waals surface area contributed by atoms with Crippen LogP contribution in [0.5, 0.6) is 23.3 Å². The summed E-state index contributed by atoms with van der Waals surface area (Å²) in [5, 5.41) is 38.3. The van der Waals surface area contributed by atoms with E-state index in [4.69, 9.17) is 24.3 Å². The third-order valence-electron chi connectivity index (χ3n) is 14.5. The molecule has 0 atom stereocenters. The van der Waals surface area contributed by atoms with Crippen LogP contribution >= 0.6 is 31.9 Å². The van der Waals surface area contributed by atoms with Crippen LogP contribution in [0.2, 0.25) is 0 Å². The van der Waals surface area contributed by atoms with Crippen LogP contribution in [0.15, 0.2) is 120 Å². The van der Waals surface area contributed by atoms with Gasteiger partial charge in [0.15, 0.2) is 15.6 Å². The molecule has 7 aromatic rings. The number of ether oxygens (including phenoxy) is 3. The second-order valence-electron chi connectivity index (χ2n) is 22.3. The minimum Gasteiger partial charge on any atom is -0.506 e. The molecule has 2 aromatic heterocycles.